The molecule has 1 aromatic heterocycles. The van der Waals surface area contributed by atoms with E-state index < -0.39 is 22.0 Å². The molecule has 0 aliphatic carbocycles. The van der Waals surface area contributed by atoms with E-state index in [9.17, 15) is 18.0 Å². The third kappa shape index (κ3) is 10.8. The van der Waals surface area contributed by atoms with Crippen LogP contribution in [0.2, 0.25) is 0 Å². The van der Waals surface area contributed by atoms with E-state index in [1.54, 1.807) is 0 Å². The van der Waals surface area contributed by atoms with E-state index >= 15 is 0 Å². The minimum Gasteiger partial charge on any atom is -1.00 e. The van der Waals surface area contributed by atoms with Gasteiger partial charge >= 0.3 is 41.5 Å². The number of fused-ring (bicyclic) bond motifs is 1. The molecule has 0 radical (unpaired) electrons. The molecule has 0 atom stereocenters. The molecule has 2 aromatic rings. The van der Waals surface area contributed by atoms with Crippen molar-refractivity contribution in [1.29, 1.82) is 0 Å². The zero-order chi connectivity index (χ0) is 21.3. The molecular formula is C18H28N3NaO6S. The first-order valence-electron chi connectivity index (χ1n) is 8.62. The van der Waals surface area contributed by atoms with E-state index in [-0.39, 0.29) is 49.6 Å². The van der Waals surface area contributed by atoms with Crippen molar-refractivity contribution in [1.82, 2.24) is 14.6 Å². The number of carbonyl (C=O) groups is 2. The van der Waals surface area contributed by atoms with Crippen LogP contribution >= 0.6 is 0 Å². The number of nitrogens with one attached hydrogen (secondary N) is 2. The van der Waals surface area contributed by atoms with Crippen LogP contribution in [0.4, 0.5) is 0 Å². The zero-order valence-corrected chi connectivity index (χ0v) is 20.0. The molecule has 9 nitrogen and oxygen atoms in total. The van der Waals surface area contributed by atoms with Crippen LogP contribution in [0.1, 0.15) is 25.4 Å². The Balaban J connectivity index is 0. The molecule has 11 heteroatoms. The van der Waals surface area contributed by atoms with Gasteiger partial charge in [-0.05, 0) is 50.8 Å². The second-order valence-electron chi connectivity index (χ2n) is 6.50. The van der Waals surface area contributed by atoms with Gasteiger partial charge < -0.3 is 21.5 Å². The van der Waals surface area contributed by atoms with Crippen molar-refractivity contribution in [2.45, 2.75) is 25.0 Å². The Kier molecular flexibility index (Phi) is 12.3. The van der Waals surface area contributed by atoms with Crippen molar-refractivity contribution in [3.8, 4) is 0 Å². The van der Waals surface area contributed by atoms with Crippen molar-refractivity contribution >= 4 is 32.9 Å². The maximum atomic E-state index is 11.6. The van der Waals surface area contributed by atoms with Crippen molar-refractivity contribution in [3.05, 3.63) is 35.5 Å². The number of sulfonamides is 1. The largest absolute Gasteiger partial charge is 1.00 e. The molecule has 158 valence electrons. The third-order valence-electron chi connectivity index (χ3n) is 3.88. The van der Waals surface area contributed by atoms with Gasteiger partial charge in [0.25, 0.3) is 0 Å². The molecule has 4 N–H and O–H groups in total. The third-order valence-corrected chi connectivity index (χ3v) is 5.22. The molecule has 0 saturated carbocycles. The van der Waals surface area contributed by atoms with Gasteiger partial charge in [-0.25, -0.2) is 13.1 Å². The van der Waals surface area contributed by atoms with E-state index in [0.29, 0.717) is 0 Å². The van der Waals surface area contributed by atoms with Crippen LogP contribution in [-0.2, 0) is 31.8 Å². The van der Waals surface area contributed by atoms with Crippen molar-refractivity contribution < 1.29 is 59.2 Å². The second kappa shape index (κ2) is 13.0. The van der Waals surface area contributed by atoms with Crippen LogP contribution in [0.25, 0.3) is 10.9 Å². The van der Waals surface area contributed by atoms with Gasteiger partial charge in [-0.2, -0.15) is 0 Å². The molecule has 1 aromatic carbocycles. The Morgan fingerprint density at radius 1 is 1.17 bits per heavy atom. The van der Waals surface area contributed by atoms with Gasteiger partial charge in [0, 0.05) is 23.6 Å². The summed E-state index contributed by atoms with van der Waals surface area (Å²) in [7, 11) is 2.29. The summed E-state index contributed by atoms with van der Waals surface area (Å²) in [5.41, 5.74) is 3.07. The normalized spacial score (nSPS) is 10.9. The van der Waals surface area contributed by atoms with Crippen molar-refractivity contribution in [3.63, 3.8) is 0 Å². The van der Waals surface area contributed by atoms with Gasteiger partial charge in [-0.3, -0.25) is 9.59 Å². The molecule has 2 rings (SSSR count). The maximum absolute atomic E-state index is 11.6. The zero-order valence-electron chi connectivity index (χ0n) is 18.2. The second-order valence-corrected chi connectivity index (χ2v) is 8.42. The van der Waals surface area contributed by atoms with Gasteiger partial charge in [-0.15, -0.1) is 0 Å². The molecule has 0 fully saturated rings. The number of aromatic amines is 1. The summed E-state index contributed by atoms with van der Waals surface area (Å²) in [6.45, 7) is 0.964. The predicted octanol–water partition coefficient (Wildman–Crippen LogP) is -1.63. The first-order valence-corrected chi connectivity index (χ1v) is 10.3. The van der Waals surface area contributed by atoms with Crippen molar-refractivity contribution in [2.75, 3.05) is 27.7 Å². The molecule has 0 saturated heterocycles. The number of aliphatic carboxylic acids is 2. The summed E-state index contributed by atoms with van der Waals surface area (Å²) in [6.07, 6.45) is 2.35. The van der Waals surface area contributed by atoms with Crippen LogP contribution in [0.15, 0.2) is 24.4 Å². The first-order chi connectivity index (χ1) is 13.0. The standard InChI is InChI=1S/C14H21N3O2S.C4H6O4.Na.H/c1-15-20(18,19)10-11-4-5-14-13(8-11)12(9-16-14)6-7-17(2)3;5-3(6)1-2-4(7)8;;/h4-5,8-9,15-16H,6-7,10H2,1-3H3;1-2H2,(H,5,6)(H,7,8);;/q;;+1;-1. The molecule has 1 heterocycles. The molecule has 0 spiro atoms. The van der Waals surface area contributed by atoms with Crippen molar-refractivity contribution in [2.24, 2.45) is 0 Å². The van der Waals surface area contributed by atoms with E-state index in [1.807, 2.05) is 38.5 Å². The average molecular weight is 437 g/mol. The average Bonchev–Trinajstić information content (AvgIpc) is 3.00. The number of nitrogens with zero attached hydrogens (tertiary/aromatic N) is 1. The van der Waals surface area contributed by atoms with Gasteiger partial charge in [-0.1, -0.05) is 6.07 Å². The van der Waals surface area contributed by atoms with Crippen LogP contribution in [0, 0.1) is 0 Å². The van der Waals surface area contributed by atoms with Gasteiger partial charge in [0.2, 0.25) is 10.0 Å². The fourth-order valence-electron chi connectivity index (χ4n) is 2.37. The number of benzene rings is 1. The monoisotopic (exact) mass is 437 g/mol. The van der Waals surface area contributed by atoms with E-state index in [1.165, 1.54) is 12.6 Å². The molecule has 0 unspecified atom stereocenters. The summed E-state index contributed by atoms with van der Waals surface area (Å²) in [5, 5.41) is 16.9. The molecular weight excluding hydrogens is 409 g/mol. The van der Waals surface area contributed by atoms with Gasteiger partial charge in [0.15, 0.2) is 0 Å². The molecule has 0 aliphatic rings. The number of likely N-dealkylation sites (N-methyl/N-ethyl adjacent to an activating group) is 1. The fraction of sp³-hybridized carbons (Fsp3) is 0.444. The number of carboxylic acid groups (broad SMARTS) is 2. The van der Waals surface area contributed by atoms with Gasteiger partial charge in [0.1, 0.15) is 0 Å². The Hall–Kier alpha value is -1.43. The molecule has 29 heavy (non-hydrogen) atoms. The number of hydrogen-bond acceptors (Lipinski definition) is 5. The SMILES string of the molecule is CNS(=O)(=O)Cc1ccc2[nH]cc(CCN(C)C)c2c1.O=C(O)CCC(=O)O.[H-].[Na+]. The number of rotatable bonds is 9. The molecule has 0 bridgehead atoms. The Morgan fingerprint density at radius 2 is 1.76 bits per heavy atom. The Labute approximate surface area is 194 Å². The topological polar surface area (TPSA) is 140 Å². The molecule has 0 amide bonds. The first kappa shape index (κ1) is 27.6. The maximum Gasteiger partial charge on any atom is 1.00 e. The number of carboxylic acids is 2. The van der Waals surface area contributed by atoms with E-state index in [4.69, 9.17) is 10.2 Å². The van der Waals surface area contributed by atoms with E-state index in [2.05, 4.69) is 14.6 Å². The summed E-state index contributed by atoms with van der Waals surface area (Å²) in [6, 6.07) is 5.75. The Bertz CT molecular complexity index is 904. The van der Waals surface area contributed by atoms with E-state index in [0.717, 1.165) is 29.4 Å². The smallest absolute Gasteiger partial charge is 1.00 e. The van der Waals surface area contributed by atoms with Crippen LogP contribution in [-0.4, -0.2) is 68.1 Å². The number of aromatic nitrogens is 1. The summed E-state index contributed by atoms with van der Waals surface area (Å²) < 4.78 is 25.6. The summed E-state index contributed by atoms with van der Waals surface area (Å²) >= 11 is 0. The fourth-order valence-corrected chi connectivity index (χ4v) is 3.13. The number of H-pyrrole nitrogens is 1. The minimum atomic E-state index is -3.23. The van der Waals surface area contributed by atoms with Crippen LogP contribution in [0.5, 0.6) is 0 Å². The number of hydrogen-bond donors (Lipinski definition) is 4. The minimum absolute atomic E-state index is 0. The quantitative estimate of drug-likeness (QED) is 0.346. The summed E-state index contributed by atoms with van der Waals surface area (Å²) in [5.74, 6) is -2.14. The predicted molar refractivity (Wildman–Crippen MR) is 108 cm³/mol. The van der Waals surface area contributed by atoms with Crippen LogP contribution < -0.4 is 34.3 Å². The Morgan fingerprint density at radius 3 is 2.24 bits per heavy atom. The molecule has 0 aliphatic heterocycles. The van der Waals surface area contributed by atoms with Crippen LogP contribution in [0.3, 0.4) is 0 Å². The van der Waals surface area contributed by atoms with Gasteiger partial charge in [0.05, 0.1) is 18.6 Å². The summed E-state index contributed by atoms with van der Waals surface area (Å²) in [4.78, 5) is 24.6.